The van der Waals surface area contributed by atoms with Crippen LogP contribution in [0.15, 0.2) is 60.8 Å². The first-order chi connectivity index (χ1) is 15.6. The Morgan fingerprint density at radius 3 is 2.47 bits per heavy atom. The van der Waals surface area contributed by atoms with E-state index in [1.807, 2.05) is 47.3 Å². The zero-order chi connectivity index (χ0) is 23.8. The average molecular weight is 502 g/mol. The summed E-state index contributed by atoms with van der Waals surface area (Å²) in [5.41, 5.74) is 4.03. The van der Waals surface area contributed by atoms with Crippen LogP contribution in [0.4, 0.5) is 5.69 Å². The molecule has 1 aromatic heterocycles. The molecule has 3 aromatic rings. The summed E-state index contributed by atoms with van der Waals surface area (Å²) in [4.78, 5) is 13.2. The average Bonchev–Trinajstić information content (AvgIpc) is 3.42. The van der Waals surface area contributed by atoms with E-state index < -0.39 is 0 Å². The Kier molecular flexibility index (Phi) is 8.12. The summed E-state index contributed by atoms with van der Waals surface area (Å²) in [5.74, 6) is 0.461. The number of carbonyl (C=O) groups is 1. The molecule has 1 amide bonds. The molecular weight excluding hydrogens is 467 g/mol. The molecule has 2 N–H and O–H groups in total. The van der Waals surface area contributed by atoms with E-state index in [1.165, 1.54) is 5.56 Å². The number of nitrogens with zero attached hydrogens (tertiary/aromatic N) is 2. The van der Waals surface area contributed by atoms with E-state index in [0.717, 1.165) is 16.9 Å². The molecule has 0 aliphatic carbocycles. The van der Waals surface area contributed by atoms with Crippen LogP contribution in [-0.2, 0) is 10.3 Å². The fourth-order valence-corrected chi connectivity index (χ4v) is 4.50. The Morgan fingerprint density at radius 1 is 1.15 bits per heavy atom. The maximum atomic E-state index is 13.2. The molecule has 1 aliphatic heterocycles. The first-order valence-corrected chi connectivity index (χ1v) is 12.0. The topological polar surface area (TPSA) is 59.0 Å². The normalized spacial score (nSPS) is 20.3. The van der Waals surface area contributed by atoms with Gasteiger partial charge in [0, 0.05) is 28.9 Å². The lowest BCUT2D eigenvalue weighted by atomic mass is 9.90. The minimum Gasteiger partial charge on any atom is -0.325 e. The second-order valence-corrected chi connectivity index (χ2v) is 10.7. The highest BCUT2D eigenvalue weighted by molar-refractivity contribution is 6.30. The van der Waals surface area contributed by atoms with Crippen LogP contribution in [0.5, 0.6) is 0 Å². The Morgan fingerprint density at radius 2 is 1.85 bits per heavy atom. The van der Waals surface area contributed by atoms with Gasteiger partial charge in [-0.15, -0.1) is 12.4 Å². The summed E-state index contributed by atoms with van der Waals surface area (Å²) in [6, 6.07) is 17.7. The smallest absolute Gasteiger partial charge is 0.241 e. The highest BCUT2D eigenvalue weighted by Gasteiger charge is 2.40. The highest BCUT2D eigenvalue weighted by Crippen LogP contribution is 2.40. The number of hydrogen-bond donors (Lipinski definition) is 2. The van der Waals surface area contributed by atoms with Gasteiger partial charge in [-0.1, -0.05) is 49.7 Å². The summed E-state index contributed by atoms with van der Waals surface area (Å²) in [5, 5.41) is 12.3. The molecule has 3 atom stereocenters. The van der Waals surface area contributed by atoms with Gasteiger partial charge in [0.2, 0.25) is 5.91 Å². The van der Waals surface area contributed by atoms with Crippen molar-refractivity contribution < 1.29 is 4.79 Å². The maximum Gasteiger partial charge on any atom is 0.241 e. The largest absolute Gasteiger partial charge is 0.325 e. The predicted molar refractivity (Wildman–Crippen MR) is 142 cm³/mol. The Balaban J connectivity index is 0.00000324. The number of amides is 1. The van der Waals surface area contributed by atoms with Crippen molar-refractivity contribution in [3.8, 4) is 0 Å². The summed E-state index contributed by atoms with van der Waals surface area (Å²) in [6.07, 6.45) is 2.70. The van der Waals surface area contributed by atoms with Gasteiger partial charge in [-0.25, -0.2) is 0 Å². The van der Waals surface area contributed by atoms with E-state index in [1.54, 1.807) is 0 Å². The molecule has 34 heavy (non-hydrogen) atoms. The molecule has 182 valence electrons. The van der Waals surface area contributed by atoms with E-state index in [0.29, 0.717) is 17.4 Å². The van der Waals surface area contributed by atoms with Crippen LogP contribution in [0.3, 0.4) is 0 Å². The van der Waals surface area contributed by atoms with Gasteiger partial charge in [0.1, 0.15) is 0 Å². The van der Waals surface area contributed by atoms with Crippen LogP contribution < -0.4 is 10.6 Å². The highest BCUT2D eigenvalue weighted by atomic mass is 35.5. The van der Waals surface area contributed by atoms with Crippen molar-refractivity contribution in [3.05, 3.63) is 82.6 Å². The molecule has 2 aromatic carbocycles. The third-order valence-electron chi connectivity index (χ3n) is 6.32. The molecule has 0 saturated carbocycles. The molecule has 0 spiro atoms. The van der Waals surface area contributed by atoms with Gasteiger partial charge in [0.15, 0.2) is 0 Å². The third-order valence-corrected chi connectivity index (χ3v) is 6.57. The minimum atomic E-state index is -0.321. The maximum absolute atomic E-state index is 13.2. The lowest BCUT2D eigenvalue weighted by molar-refractivity contribution is -0.117. The van der Waals surface area contributed by atoms with Crippen LogP contribution in [-0.4, -0.2) is 21.7 Å². The van der Waals surface area contributed by atoms with E-state index in [2.05, 4.69) is 63.5 Å². The van der Waals surface area contributed by atoms with Crippen LogP contribution in [0.2, 0.25) is 5.02 Å². The number of aromatic nitrogens is 2. The van der Waals surface area contributed by atoms with Crippen molar-refractivity contribution in [2.24, 2.45) is 0 Å². The molecule has 5 nitrogen and oxygen atoms in total. The molecule has 7 heteroatoms. The molecule has 0 radical (unpaired) electrons. The molecule has 1 aliphatic rings. The molecule has 1 saturated heterocycles. The molecule has 0 bridgehead atoms. The molecular formula is C27H34Cl2N4O. The zero-order valence-electron chi connectivity index (χ0n) is 20.4. The first-order valence-electron chi connectivity index (χ1n) is 11.6. The van der Waals surface area contributed by atoms with Gasteiger partial charge in [-0.3, -0.25) is 14.8 Å². The van der Waals surface area contributed by atoms with Crippen molar-refractivity contribution in [1.82, 2.24) is 15.1 Å². The van der Waals surface area contributed by atoms with Gasteiger partial charge >= 0.3 is 0 Å². The standard InChI is InChI=1S/C27H33ClN4O.ClH/c1-17(2)19-7-6-8-21(15-19)29-26(33)24-16-22(23-13-14-32(31-23)27(3,4)5)25(30-24)18-9-11-20(28)12-10-18;/h6-15,17,22,24-25,30H,16H2,1-5H3,(H,29,33);1H/t22?,24-,25-;/m0./s1. The van der Waals surface area contributed by atoms with Gasteiger partial charge in [-0.2, -0.15) is 5.10 Å². The first kappa shape index (κ1) is 26.3. The van der Waals surface area contributed by atoms with Gasteiger partial charge in [0.05, 0.1) is 17.3 Å². The fourth-order valence-electron chi connectivity index (χ4n) is 4.38. The van der Waals surface area contributed by atoms with Crippen LogP contribution in [0.25, 0.3) is 0 Å². The quantitative estimate of drug-likeness (QED) is 0.411. The number of nitrogens with one attached hydrogen (secondary N) is 2. The SMILES string of the molecule is CC(C)c1cccc(NC(=O)[C@@H]2CC(c3ccn(C(C)(C)C)n3)[C@H](c3ccc(Cl)cc3)N2)c1.Cl. The summed E-state index contributed by atoms with van der Waals surface area (Å²) in [6.45, 7) is 10.7. The monoisotopic (exact) mass is 500 g/mol. The van der Waals surface area contributed by atoms with Crippen LogP contribution in [0.1, 0.15) is 75.7 Å². The van der Waals surface area contributed by atoms with Crippen molar-refractivity contribution in [1.29, 1.82) is 0 Å². The van der Waals surface area contributed by atoms with Gasteiger partial charge in [0.25, 0.3) is 0 Å². The number of rotatable bonds is 5. The number of anilines is 1. The Bertz CT molecular complexity index is 1120. The van der Waals surface area contributed by atoms with Gasteiger partial charge in [-0.05, 0) is 74.6 Å². The van der Waals surface area contributed by atoms with Crippen LogP contribution in [0, 0.1) is 0 Å². The van der Waals surface area contributed by atoms with Gasteiger partial charge < -0.3 is 5.32 Å². The summed E-state index contributed by atoms with van der Waals surface area (Å²) >= 11 is 6.13. The molecule has 4 rings (SSSR count). The second-order valence-electron chi connectivity index (χ2n) is 10.2. The molecule has 1 fully saturated rings. The lowest BCUT2D eigenvalue weighted by Gasteiger charge is -2.21. The summed E-state index contributed by atoms with van der Waals surface area (Å²) < 4.78 is 1.99. The second kappa shape index (κ2) is 10.5. The lowest BCUT2D eigenvalue weighted by Crippen LogP contribution is -2.36. The minimum absolute atomic E-state index is 0. The van der Waals surface area contributed by atoms with E-state index in [4.69, 9.17) is 16.7 Å². The Hall–Kier alpha value is -2.34. The number of hydrogen-bond acceptors (Lipinski definition) is 3. The van der Waals surface area contributed by atoms with E-state index >= 15 is 0 Å². The van der Waals surface area contributed by atoms with Crippen molar-refractivity contribution >= 4 is 35.6 Å². The molecule has 1 unspecified atom stereocenters. The zero-order valence-corrected chi connectivity index (χ0v) is 22.0. The van der Waals surface area contributed by atoms with Crippen molar-refractivity contribution in [2.45, 2.75) is 70.5 Å². The van der Waals surface area contributed by atoms with Crippen molar-refractivity contribution in [2.75, 3.05) is 5.32 Å². The van der Waals surface area contributed by atoms with Crippen LogP contribution >= 0.6 is 24.0 Å². The molecule has 2 heterocycles. The summed E-state index contributed by atoms with van der Waals surface area (Å²) in [7, 11) is 0. The van der Waals surface area contributed by atoms with E-state index in [-0.39, 0.29) is 41.9 Å². The van der Waals surface area contributed by atoms with E-state index in [9.17, 15) is 4.79 Å². The number of benzene rings is 2. The predicted octanol–water partition coefficient (Wildman–Crippen LogP) is 6.66. The fraction of sp³-hybridized carbons (Fsp3) is 0.407. The number of carbonyl (C=O) groups excluding carboxylic acids is 1. The number of halogens is 2. The Labute approximate surface area is 213 Å². The third kappa shape index (κ3) is 5.83. The van der Waals surface area contributed by atoms with Crippen molar-refractivity contribution in [3.63, 3.8) is 0 Å².